The molecule has 0 radical (unpaired) electrons. The fourth-order valence-electron chi connectivity index (χ4n) is 3.21. The molecule has 0 aliphatic carbocycles. The lowest BCUT2D eigenvalue weighted by Gasteiger charge is -2.13. The highest BCUT2D eigenvalue weighted by atomic mass is 32.2. The van der Waals surface area contributed by atoms with Gasteiger partial charge in [-0.05, 0) is 35.7 Å². The summed E-state index contributed by atoms with van der Waals surface area (Å²) in [7, 11) is -19.5. The van der Waals surface area contributed by atoms with Gasteiger partial charge in [-0.1, -0.05) is 0 Å². The molecule has 22 heteroatoms. The van der Waals surface area contributed by atoms with Gasteiger partial charge in [-0.2, -0.15) is 43.9 Å². The van der Waals surface area contributed by atoms with Crippen LogP contribution in [0.4, 0.5) is 17.1 Å². The van der Waals surface area contributed by atoms with Gasteiger partial charge in [-0.3, -0.25) is 18.2 Å². The molecule has 0 spiro atoms. The topological polar surface area (TPSA) is 307 Å². The number of hydrogen-bond donors (Lipinski definition) is 6. The Kier molecular flexibility index (Phi) is 7.54. The SMILES string of the molecule is CN=Nc1c(S(=O)(=O)O)cc2cc(S(=O)(=O)O)c(N=Nc3cc(S(=O)(=O)O)ccc3S(=O)(=O)O)c(O)c2c1O. The van der Waals surface area contributed by atoms with E-state index in [1.54, 1.807) is 0 Å². The normalized spacial score (nSPS) is 13.6. The molecule has 0 heterocycles. The summed E-state index contributed by atoms with van der Waals surface area (Å²) in [6, 6.07) is 2.53. The summed E-state index contributed by atoms with van der Waals surface area (Å²) in [5, 5.41) is 33.3. The van der Waals surface area contributed by atoms with Crippen molar-refractivity contribution in [2.45, 2.75) is 19.6 Å². The average Bonchev–Trinajstić information content (AvgIpc) is 2.77. The van der Waals surface area contributed by atoms with Crippen LogP contribution < -0.4 is 0 Å². The molecule has 3 aromatic rings. The lowest BCUT2D eigenvalue weighted by molar-refractivity contribution is 0.458. The number of azo groups is 2. The predicted molar refractivity (Wildman–Crippen MR) is 128 cm³/mol. The Morgan fingerprint density at radius 2 is 1.05 bits per heavy atom. The summed E-state index contributed by atoms with van der Waals surface area (Å²) in [6.45, 7) is 0. The van der Waals surface area contributed by atoms with Crippen molar-refractivity contribution in [3.63, 3.8) is 0 Å². The van der Waals surface area contributed by atoms with E-state index in [2.05, 4.69) is 20.5 Å². The Bertz CT molecular complexity index is 2040. The zero-order valence-electron chi connectivity index (χ0n) is 18.8. The molecule has 0 aromatic heterocycles. The van der Waals surface area contributed by atoms with Gasteiger partial charge in [0.05, 0.1) is 10.3 Å². The first kappa shape index (κ1) is 29.9. The lowest BCUT2D eigenvalue weighted by atomic mass is 10.1. The quantitative estimate of drug-likeness (QED) is 0.162. The van der Waals surface area contributed by atoms with E-state index in [-0.39, 0.29) is 0 Å². The number of hydrogen-bond acceptors (Lipinski definition) is 14. The van der Waals surface area contributed by atoms with E-state index >= 15 is 0 Å². The molecule has 6 N–H and O–H groups in total. The van der Waals surface area contributed by atoms with E-state index in [1.807, 2.05) is 0 Å². The second-order valence-corrected chi connectivity index (χ2v) is 12.9. The van der Waals surface area contributed by atoms with Gasteiger partial charge in [0.1, 0.15) is 31.7 Å². The van der Waals surface area contributed by atoms with Gasteiger partial charge < -0.3 is 10.2 Å². The number of phenolic OH excluding ortho intramolecular Hbond substituents is 2. The molecule has 210 valence electrons. The van der Waals surface area contributed by atoms with Gasteiger partial charge >= 0.3 is 0 Å². The van der Waals surface area contributed by atoms with Gasteiger partial charge in [-0.25, -0.2) is 0 Å². The second-order valence-electron chi connectivity index (χ2n) is 7.27. The molecule has 0 aliphatic rings. The molecule has 39 heavy (non-hydrogen) atoms. The molecule has 0 unspecified atom stereocenters. The van der Waals surface area contributed by atoms with Crippen LogP contribution in [-0.2, 0) is 40.5 Å². The standard InChI is InChI=1S/C17H14N4O14S4/c1-18-20-14-11(38(30,31)32)4-7-5-12(39(33,34)35)15(17(23)13(7)16(14)22)21-19-9-6-8(36(24,25)26)2-3-10(9)37(27,28)29/h2-6,22-23H,1H3,(H,24,25,26)(H,27,28,29)(H,30,31,32)(H,33,34,35). The molecule has 0 bridgehead atoms. The largest absolute Gasteiger partial charge is 0.505 e. The van der Waals surface area contributed by atoms with Crippen LogP contribution >= 0.6 is 0 Å². The minimum atomic E-state index is -5.36. The van der Waals surface area contributed by atoms with Crippen molar-refractivity contribution >= 4 is 68.3 Å². The average molecular weight is 627 g/mol. The lowest BCUT2D eigenvalue weighted by Crippen LogP contribution is -2.02. The van der Waals surface area contributed by atoms with Crippen molar-refractivity contribution < 1.29 is 62.1 Å². The third-order valence-electron chi connectivity index (χ3n) is 4.77. The Balaban J connectivity index is 2.49. The summed E-state index contributed by atoms with van der Waals surface area (Å²) in [5.74, 6) is -2.48. The van der Waals surface area contributed by atoms with Gasteiger partial charge in [-0.15, -0.1) is 10.2 Å². The molecule has 3 rings (SSSR count). The van der Waals surface area contributed by atoms with E-state index in [4.69, 9.17) is 0 Å². The van der Waals surface area contributed by atoms with Crippen molar-refractivity contribution in [1.82, 2.24) is 0 Å². The summed E-state index contributed by atoms with van der Waals surface area (Å²) in [6.07, 6.45) is 0. The number of fused-ring (bicyclic) bond motifs is 1. The number of aromatic hydroxyl groups is 2. The predicted octanol–water partition coefficient (Wildman–Crippen LogP) is 2.37. The molecule has 0 atom stereocenters. The molecule has 3 aromatic carbocycles. The van der Waals surface area contributed by atoms with Gasteiger partial charge in [0, 0.05) is 7.05 Å². The maximum Gasteiger partial charge on any atom is 0.296 e. The van der Waals surface area contributed by atoms with E-state index in [0.717, 1.165) is 7.05 Å². The summed E-state index contributed by atoms with van der Waals surface area (Å²) < 4.78 is 132. The first-order valence-corrected chi connectivity index (χ1v) is 15.2. The Morgan fingerprint density at radius 3 is 1.46 bits per heavy atom. The molecular weight excluding hydrogens is 612 g/mol. The summed E-state index contributed by atoms with van der Waals surface area (Å²) in [5.41, 5.74) is -3.10. The van der Waals surface area contributed by atoms with Crippen molar-refractivity contribution in [1.29, 1.82) is 0 Å². The Hall–Kier alpha value is -3.64. The number of benzene rings is 3. The minimum absolute atomic E-state index is 0.406. The van der Waals surface area contributed by atoms with E-state index in [0.29, 0.717) is 30.3 Å². The molecule has 18 nitrogen and oxygen atoms in total. The highest BCUT2D eigenvalue weighted by Gasteiger charge is 2.29. The third-order valence-corrected chi connectivity index (χ3v) is 8.26. The maximum atomic E-state index is 12.0. The van der Waals surface area contributed by atoms with Crippen molar-refractivity contribution in [2.24, 2.45) is 20.5 Å². The molecule has 0 saturated carbocycles. The van der Waals surface area contributed by atoms with Crippen molar-refractivity contribution in [3.8, 4) is 11.5 Å². The van der Waals surface area contributed by atoms with Gasteiger partial charge in [0.15, 0.2) is 11.5 Å². The van der Waals surface area contributed by atoms with E-state index in [1.165, 1.54) is 0 Å². The van der Waals surface area contributed by atoms with Crippen molar-refractivity contribution in [3.05, 3.63) is 30.3 Å². The smallest absolute Gasteiger partial charge is 0.296 e. The molecule has 0 aliphatic heterocycles. The highest BCUT2D eigenvalue weighted by molar-refractivity contribution is 7.86. The van der Waals surface area contributed by atoms with Crippen LogP contribution in [0, 0.1) is 0 Å². The number of nitrogens with zero attached hydrogens (tertiary/aromatic N) is 4. The van der Waals surface area contributed by atoms with E-state index in [9.17, 15) is 62.1 Å². The fraction of sp³-hybridized carbons (Fsp3) is 0.0588. The maximum absolute atomic E-state index is 12.0. The first-order chi connectivity index (χ1) is 17.7. The van der Waals surface area contributed by atoms with Crippen molar-refractivity contribution in [2.75, 3.05) is 7.05 Å². The van der Waals surface area contributed by atoms with Gasteiger partial charge in [0.25, 0.3) is 40.5 Å². The molecule has 0 saturated heterocycles. The van der Waals surface area contributed by atoms with Gasteiger partial charge in [0.2, 0.25) is 0 Å². The van der Waals surface area contributed by atoms with Crippen LogP contribution in [0.1, 0.15) is 0 Å². The van der Waals surface area contributed by atoms with Crippen LogP contribution in [0.15, 0.2) is 70.4 Å². The zero-order chi connectivity index (χ0) is 29.7. The minimum Gasteiger partial charge on any atom is -0.505 e. The fourth-order valence-corrected chi connectivity index (χ4v) is 5.63. The molecule has 0 fully saturated rings. The van der Waals surface area contributed by atoms with Crippen LogP contribution in [0.5, 0.6) is 11.5 Å². The molecular formula is C17H14N4O14S4. The van der Waals surface area contributed by atoms with Crippen LogP contribution in [0.25, 0.3) is 10.8 Å². The zero-order valence-corrected chi connectivity index (χ0v) is 22.0. The third kappa shape index (κ3) is 6.01. The summed E-state index contributed by atoms with van der Waals surface area (Å²) in [4.78, 5) is -4.39. The Labute approximate surface area is 219 Å². The van der Waals surface area contributed by atoms with Crippen LogP contribution in [0.2, 0.25) is 0 Å². The first-order valence-electron chi connectivity index (χ1n) is 9.49. The highest BCUT2D eigenvalue weighted by Crippen LogP contribution is 2.50. The van der Waals surface area contributed by atoms with Crippen LogP contribution in [0.3, 0.4) is 0 Å². The van der Waals surface area contributed by atoms with E-state index < -0.39 is 99.4 Å². The molecule has 0 amide bonds. The number of phenols is 2. The monoisotopic (exact) mass is 626 g/mol. The second kappa shape index (κ2) is 9.83. The van der Waals surface area contributed by atoms with Crippen LogP contribution in [-0.4, -0.2) is 69.1 Å². The number of rotatable bonds is 7. The Morgan fingerprint density at radius 1 is 0.590 bits per heavy atom. The summed E-state index contributed by atoms with van der Waals surface area (Å²) >= 11 is 0.